The second kappa shape index (κ2) is 7.48. The van der Waals surface area contributed by atoms with Gasteiger partial charge in [-0.3, -0.25) is 0 Å². The minimum atomic E-state index is 0.223. The number of rotatable bonds is 5. The molecule has 0 radical (unpaired) electrons. The summed E-state index contributed by atoms with van der Waals surface area (Å²) in [4.78, 5) is 11.6. The molecule has 8 atom stereocenters. The maximum atomic E-state index is 11.6. The van der Waals surface area contributed by atoms with Gasteiger partial charge in [-0.2, -0.15) is 0 Å². The third-order valence-electron chi connectivity index (χ3n) is 10.3. The summed E-state index contributed by atoms with van der Waals surface area (Å²) in [5.74, 6) is 3.94. The van der Waals surface area contributed by atoms with E-state index in [9.17, 15) is 4.79 Å². The van der Waals surface area contributed by atoms with Gasteiger partial charge in [-0.05, 0) is 85.9 Å². The molecule has 1 aliphatic heterocycles. The molecule has 29 heavy (non-hydrogen) atoms. The van der Waals surface area contributed by atoms with Crippen molar-refractivity contribution in [3.63, 3.8) is 0 Å². The number of aldehydes is 1. The largest absolute Gasteiger partial charge is 0.381 e. The highest BCUT2D eigenvalue weighted by Crippen LogP contribution is 2.67. The average Bonchev–Trinajstić information content (AvgIpc) is 3.03. The molecular weight excluding hydrogens is 360 g/mol. The summed E-state index contributed by atoms with van der Waals surface area (Å²) in [5, 5.41) is 0. The maximum Gasteiger partial charge on any atom is 0.123 e. The summed E-state index contributed by atoms with van der Waals surface area (Å²) in [6, 6.07) is 0. The number of hydrogen-bond acceptors (Lipinski definition) is 3. The molecule has 0 aromatic heterocycles. The van der Waals surface area contributed by atoms with Crippen molar-refractivity contribution >= 4 is 6.29 Å². The summed E-state index contributed by atoms with van der Waals surface area (Å²) in [7, 11) is 0. The van der Waals surface area contributed by atoms with Gasteiger partial charge in [0, 0.05) is 11.8 Å². The first-order valence-electron chi connectivity index (χ1n) is 12.3. The van der Waals surface area contributed by atoms with Crippen molar-refractivity contribution < 1.29 is 14.3 Å². The zero-order valence-electron chi connectivity index (χ0n) is 18.7. The van der Waals surface area contributed by atoms with E-state index in [1.54, 1.807) is 5.57 Å². The lowest BCUT2D eigenvalue weighted by molar-refractivity contribution is -0.115. The van der Waals surface area contributed by atoms with Crippen molar-refractivity contribution in [3.8, 4) is 0 Å². The second-order valence-electron chi connectivity index (χ2n) is 11.6. The van der Waals surface area contributed by atoms with Gasteiger partial charge in [-0.25, -0.2) is 0 Å². The molecule has 0 spiro atoms. The normalized spacial score (nSPS) is 48.0. The highest BCUT2D eigenvalue weighted by atomic mass is 16.5. The molecule has 0 aromatic rings. The van der Waals surface area contributed by atoms with Crippen LogP contribution >= 0.6 is 0 Å². The van der Waals surface area contributed by atoms with E-state index in [1.807, 2.05) is 0 Å². The topological polar surface area (TPSA) is 35.5 Å². The summed E-state index contributed by atoms with van der Waals surface area (Å²) in [5.41, 5.74) is 2.48. The third kappa shape index (κ3) is 3.17. The minimum absolute atomic E-state index is 0.223. The summed E-state index contributed by atoms with van der Waals surface area (Å²) >= 11 is 0. The average molecular weight is 401 g/mol. The van der Waals surface area contributed by atoms with Gasteiger partial charge < -0.3 is 14.3 Å². The van der Waals surface area contributed by atoms with Crippen LogP contribution in [0.1, 0.15) is 72.1 Å². The molecular formula is C26H40O3. The van der Waals surface area contributed by atoms with Crippen molar-refractivity contribution in [2.24, 2.45) is 46.3 Å². The molecule has 1 heterocycles. The first-order valence-corrected chi connectivity index (χ1v) is 12.3. The van der Waals surface area contributed by atoms with Crippen LogP contribution in [0.4, 0.5) is 0 Å². The molecule has 0 N–H and O–H groups in total. The van der Waals surface area contributed by atoms with Gasteiger partial charge in [0.25, 0.3) is 0 Å². The van der Waals surface area contributed by atoms with E-state index in [0.717, 1.165) is 44.0 Å². The fourth-order valence-electron chi connectivity index (χ4n) is 8.42. The highest BCUT2D eigenvalue weighted by Gasteiger charge is 2.59. The molecule has 0 bridgehead atoms. The molecule has 4 fully saturated rings. The Kier molecular flexibility index (Phi) is 5.22. The molecule has 3 heteroatoms. The maximum absolute atomic E-state index is 11.6. The molecule has 0 aromatic carbocycles. The molecule has 0 unspecified atom stereocenters. The Bertz CT molecular complexity index is 667. The summed E-state index contributed by atoms with van der Waals surface area (Å²) in [6.45, 7) is 9.93. The van der Waals surface area contributed by atoms with Crippen LogP contribution in [0.25, 0.3) is 0 Å². The van der Waals surface area contributed by atoms with Gasteiger partial charge in [-0.15, -0.1) is 0 Å². The van der Waals surface area contributed by atoms with Gasteiger partial charge in [0.2, 0.25) is 0 Å². The van der Waals surface area contributed by atoms with E-state index in [1.165, 1.54) is 51.2 Å². The van der Waals surface area contributed by atoms with Crippen LogP contribution in [0, 0.1) is 46.3 Å². The third-order valence-corrected chi connectivity index (χ3v) is 10.3. The van der Waals surface area contributed by atoms with Crippen molar-refractivity contribution in [2.45, 2.75) is 78.2 Å². The second-order valence-corrected chi connectivity index (χ2v) is 11.6. The number of hydrogen-bond donors (Lipinski definition) is 0. The van der Waals surface area contributed by atoms with E-state index >= 15 is 0 Å². The predicted molar refractivity (Wildman–Crippen MR) is 114 cm³/mol. The molecule has 0 amide bonds. The number of carbonyl (C=O) groups is 1. The van der Waals surface area contributed by atoms with Gasteiger partial charge in [-0.1, -0.05) is 32.4 Å². The molecule has 162 valence electrons. The van der Waals surface area contributed by atoms with Crippen molar-refractivity contribution in [1.82, 2.24) is 0 Å². The van der Waals surface area contributed by atoms with Crippen LogP contribution in [-0.2, 0) is 14.3 Å². The molecule has 3 nitrogen and oxygen atoms in total. The Hall–Kier alpha value is -0.670. The zero-order valence-corrected chi connectivity index (χ0v) is 18.7. The SMILES string of the molecule is C[C@H](C=O)[C@H]1CC[C@H]2[C@@H]3CC=C4C[C@@H](OCC5COC5)CC[C@]4(C)[C@H]3CC[C@]12C. The first-order chi connectivity index (χ1) is 14.0. The van der Waals surface area contributed by atoms with Crippen molar-refractivity contribution in [3.05, 3.63) is 11.6 Å². The van der Waals surface area contributed by atoms with Crippen LogP contribution in [0.15, 0.2) is 11.6 Å². The van der Waals surface area contributed by atoms with E-state index in [2.05, 4.69) is 26.8 Å². The number of allylic oxidation sites excluding steroid dienone is 1. The molecule has 3 saturated carbocycles. The fourth-order valence-corrected chi connectivity index (χ4v) is 8.42. The monoisotopic (exact) mass is 400 g/mol. The lowest BCUT2D eigenvalue weighted by atomic mass is 9.47. The Labute approximate surface area is 177 Å². The fraction of sp³-hybridized carbons (Fsp3) is 0.885. The standard InChI is InChI=1S/C26H40O3/c1-17(13-27)22-6-7-23-21-5-4-19-12-20(29-16-18-14-28-15-18)8-10-25(19,2)24(21)9-11-26(22,23)3/h4,13,17-18,20-24H,5-12,14-16H2,1-3H3/t17-,20+,21+,22-,23+,24+,25+,26-/m1/s1. The van der Waals surface area contributed by atoms with E-state index in [0.29, 0.717) is 28.8 Å². The minimum Gasteiger partial charge on any atom is -0.381 e. The van der Waals surface area contributed by atoms with Crippen LogP contribution in [0.3, 0.4) is 0 Å². The first kappa shape index (κ1) is 20.2. The lowest BCUT2D eigenvalue weighted by Crippen LogP contribution is -2.51. The van der Waals surface area contributed by atoms with Crippen LogP contribution in [0.2, 0.25) is 0 Å². The summed E-state index contributed by atoms with van der Waals surface area (Å²) in [6.07, 6.45) is 14.5. The van der Waals surface area contributed by atoms with Gasteiger partial charge in [0.1, 0.15) is 6.29 Å². The Morgan fingerprint density at radius 2 is 2.00 bits per heavy atom. The predicted octanol–water partition coefficient (Wildman–Crippen LogP) is 5.43. The Balaban J connectivity index is 1.31. The molecule has 5 rings (SSSR count). The number of fused-ring (bicyclic) bond motifs is 5. The molecule has 5 aliphatic rings. The van der Waals surface area contributed by atoms with Gasteiger partial charge in [0.05, 0.1) is 25.9 Å². The summed E-state index contributed by atoms with van der Waals surface area (Å²) < 4.78 is 11.6. The van der Waals surface area contributed by atoms with Crippen LogP contribution in [-0.4, -0.2) is 32.2 Å². The van der Waals surface area contributed by atoms with E-state index in [-0.39, 0.29) is 5.92 Å². The Morgan fingerprint density at radius 3 is 2.72 bits per heavy atom. The Morgan fingerprint density at radius 1 is 1.17 bits per heavy atom. The van der Waals surface area contributed by atoms with E-state index in [4.69, 9.17) is 9.47 Å². The van der Waals surface area contributed by atoms with Gasteiger partial charge >= 0.3 is 0 Å². The highest BCUT2D eigenvalue weighted by molar-refractivity contribution is 5.53. The molecule has 4 aliphatic carbocycles. The molecule has 1 saturated heterocycles. The van der Waals surface area contributed by atoms with E-state index < -0.39 is 0 Å². The lowest BCUT2D eigenvalue weighted by Gasteiger charge is -2.58. The van der Waals surface area contributed by atoms with Crippen LogP contribution < -0.4 is 0 Å². The van der Waals surface area contributed by atoms with Crippen LogP contribution in [0.5, 0.6) is 0 Å². The van der Waals surface area contributed by atoms with Crippen molar-refractivity contribution in [2.75, 3.05) is 19.8 Å². The smallest absolute Gasteiger partial charge is 0.123 e. The number of carbonyl (C=O) groups excluding carboxylic acids is 1. The zero-order chi connectivity index (χ0) is 20.2. The van der Waals surface area contributed by atoms with Crippen molar-refractivity contribution in [1.29, 1.82) is 0 Å². The number of ether oxygens (including phenoxy) is 2. The van der Waals surface area contributed by atoms with Gasteiger partial charge in [0.15, 0.2) is 0 Å². The quantitative estimate of drug-likeness (QED) is 0.456.